The molecule has 1 aromatic carbocycles. The Morgan fingerprint density at radius 3 is 3.24 bits per heavy atom. The molecule has 1 amide bonds. The van der Waals surface area contributed by atoms with E-state index in [-0.39, 0.29) is 12.0 Å². The van der Waals surface area contributed by atoms with Gasteiger partial charge >= 0.3 is 0 Å². The van der Waals surface area contributed by atoms with Crippen LogP contribution in [0.3, 0.4) is 0 Å². The zero-order valence-corrected chi connectivity index (χ0v) is 12.3. The van der Waals surface area contributed by atoms with Crippen molar-refractivity contribution in [1.82, 2.24) is 10.2 Å². The van der Waals surface area contributed by atoms with Crippen LogP contribution in [0.15, 0.2) is 24.3 Å². The van der Waals surface area contributed by atoms with Crippen LogP contribution >= 0.6 is 0 Å². The summed E-state index contributed by atoms with van der Waals surface area (Å²) in [5.74, 6) is -0.0579. The van der Waals surface area contributed by atoms with Crippen LogP contribution in [0.2, 0.25) is 0 Å². The summed E-state index contributed by atoms with van der Waals surface area (Å²) >= 11 is 0. The van der Waals surface area contributed by atoms with Crippen molar-refractivity contribution in [3.63, 3.8) is 0 Å². The molecule has 2 saturated heterocycles. The molecule has 0 saturated carbocycles. The van der Waals surface area contributed by atoms with E-state index in [9.17, 15) is 4.79 Å². The van der Waals surface area contributed by atoms with E-state index in [4.69, 9.17) is 10.5 Å². The number of benzene rings is 1. The Kier molecular flexibility index (Phi) is 4.53. The smallest absolute Gasteiger partial charge is 0.251 e. The number of hydrogen-bond donors (Lipinski definition) is 2. The Balaban J connectivity index is 1.51. The highest BCUT2D eigenvalue weighted by Gasteiger charge is 2.32. The van der Waals surface area contributed by atoms with Gasteiger partial charge in [-0.1, -0.05) is 12.1 Å². The number of carbonyl (C=O) groups is 1. The molecule has 2 heterocycles. The molecular weight excluding hydrogens is 266 g/mol. The van der Waals surface area contributed by atoms with Gasteiger partial charge in [-0.05, 0) is 37.1 Å². The van der Waals surface area contributed by atoms with Crippen molar-refractivity contribution in [2.45, 2.75) is 31.5 Å². The molecule has 3 N–H and O–H groups in total. The minimum absolute atomic E-state index is 0.0579. The molecule has 2 atom stereocenters. The van der Waals surface area contributed by atoms with Gasteiger partial charge in [0.2, 0.25) is 0 Å². The third-order valence-electron chi connectivity index (χ3n) is 4.38. The Morgan fingerprint density at radius 2 is 2.38 bits per heavy atom. The fourth-order valence-electron chi connectivity index (χ4n) is 3.16. The summed E-state index contributed by atoms with van der Waals surface area (Å²) < 4.78 is 5.85. The average molecular weight is 289 g/mol. The van der Waals surface area contributed by atoms with Crippen molar-refractivity contribution < 1.29 is 9.53 Å². The Hall–Kier alpha value is -1.43. The van der Waals surface area contributed by atoms with Gasteiger partial charge in [0.1, 0.15) is 0 Å². The number of morpholine rings is 1. The van der Waals surface area contributed by atoms with Gasteiger partial charge in [-0.2, -0.15) is 0 Å². The molecule has 5 nitrogen and oxygen atoms in total. The van der Waals surface area contributed by atoms with Crippen molar-refractivity contribution >= 4 is 5.91 Å². The number of rotatable bonds is 4. The first kappa shape index (κ1) is 14.5. The molecule has 2 unspecified atom stereocenters. The van der Waals surface area contributed by atoms with Gasteiger partial charge in [-0.15, -0.1) is 0 Å². The highest BCUT2D eigenvalue weighted by atomic mass is 16.5. The number of nitrogens with zero attached hydrogens (tertiary/aromatic N) is 1. The summed E-state index contributed by atoms with van der Waals surface area (Å²) in [6.45, 7) is 3.89. The van der Waals surface area contributed by atoms with Gasteiger partial charge < -0.3 is 15.8 Å². The Bertz CT molecular complexity index is 506. The molecule has 0 aromatic heterocycles. The minimum atomic E-state index is -0.0579. The molecule has 1 aromatic rings. The van der Waals surface area contributed by atoms with Crippen LogP contribution < -0.4 is 11.1 Å². The first-order valence-electron chi connectivity index (χ1n) is 7.69. The topological polar surface area (TPSA) is 67.6 Å². The molecule has 2 fully saturated rings. The normalized spacial score (nSPS) is 25.6. The van der Waals surface area contributed by atoms with Crippen molar-refractivity contribution in [2.24, 2.45) is 5.73 Å². The van der Waals surface area contributed by atoms with Crippen LogP contribution in [0.1, 0.15) is 28.8 Å². The monoisotopic (exact) mass is 289 g/mol. The van der Waals surface area contributed by atoms with Crippen LogP contribution in [0, 0.1) is 0 Å². The standard InChI is InChI=1S/C16H23N3O2/c17-8-12-3-1-4-13(7-12)16(20)18-9-15-10-19-6-2-5-14(19)11-21-15/h1,3-4,7,14-15H,2,5-6,8-11,17H2,(H,18,20). The van der Waals surface area contributed by atoms with E-state index < -0.39 is 0 Å². The second kappa shape index (κ2) is 6.56. The number of carbonyl (C=O) groups excluding carboxylic acids is 1. The van der Waals surface area contributed by atoms with Gasteiger partial charge in [0.15, 0.2) is 0 Å². The second-order valence-electron chi connectivity index (χ2n) is 5.86. The molecule has 0 aliphatic carbocycles. The number of nitrogens with one attached hydrogen (secondary N) is 1. The maximum Gasteiger partial charge on any atom is 0.251 e. The highest BCUT2D eigenvalue weighted by molar-refractivity contribution is 5.94. The maximum atomic E-state index is 12.2. The van der Waals surface area contributed by atoms with Crippen LogP contribution in [-0.4, -0.2) is 49.2 Å². The van der Waals surface area contributed by atoms with Crippen molar-refractivity contribution in [3.05, 3.63) is 35.4 Å². The molecule has 0 spiro atoms. The summed E-state index contributed by atoms with van der Waals surface area (Å²) in [7, 11) is 0. The largest absolute Gasteiger partial charge is 0.373 e. The number of nitrogens with two attached hydrogens (primary N) is 1. The average Bonchev–Trinajstić information content (AvgIpc) is 3.00. The Morgan fingerprint density at radius 1 is 1.48 bits per heavy atom. The number of ether oxygens (including phenoxy) is 1. The zero-order chi connectivity index (χ0) is 14.7. The van der Waals surface area contributed by atoms with E-state index in [1.54, 1.807) is 0 Å². The lowest BCUT2D eigenvalue weighted by atomic mass is 10.1. The van der Waals surface area contributed by atoms with Crippen molar-refractivity contribution in [3.8, 4) is 0 Å². The molecule has 5 heteroatoms. The highest BCUT2D eigenvalue weighted by Crippen LogP contribution is 2.22. The van der Waals surface area contributed by atoms with Gasteiger partial charge in [0.05, 0.1) is 12.7 Å². The van der Waals surface area contributed by atoms with E-state index >= 15 is 0 Å². The van der Waals surface area contributed by atoms with Crippen molar-refractivity contribution in [2.75, 3.05) is 26.2 Å². The maximum absolute atomic E-state index is 12.2. The van der Waals surface area contributed by atoms with E-state index in [2.05, 4.69) is 10.2 Å². The summed E-state index contributed by atoms with van der Waals surface area (Å²) in [5, 5.41) is 2.97. The molecule has 114 valence electrons. The molecule has 21 heavy (non-hydrogen) atoms. The third-order valence-corrected chi connectivity index (χ3v) is 4.38. The predicted molar refractivity (Wildman–Crippen MR) is 81.0 cm³/mol. The number of fused-ring (bicyclic) bond motifs is 1. The molecule has 0 bridgehead atoms. The molecule has 3 rings (SSSR count). The van der Waals surface area contributed by atoms with E-state index in [1.165, 1.54) is 12.8 Å². The van der Waals surface area contributed by atoms with E-state index in [1.807, 2.05) is 24.3 Å². The summed E-state index contributed by atoms with van der Waals surface area (Å²) in [6, 6.07) is 8.04. The van der Waals surface area contributed by atoms with Crippen molar-refractivity contribution in [1.29, 1.82) is 0 Å². The fraction of sp³-hybridized carbons (Fsp3) is 0.562. The van der Waals surface area contributed by atoms with Gasteiger partial charge in [0.25, 0.3) is 5.91 Å². The first-order valence-corrected chi connectivity index (χ1v) is 7.69. The number of amides is 1. The second-order valence-corrected chi connectivity index (χ2v) is 5.86. The quantitative estimate of drug-likeness (QED) is 0.858. The first-order chi connectivity index (χ1) is 10.3. The fourth-order valence-corrected chi connectivity index (χ4v) is 3.16. The van der Waals surface area contributed by atoms with Crippen LogP contribution in [0.4, 0.5) is 0 Å². The summed E-state index contributed by atoms with van der Waals surface area (Å²) in [4.78, 5) is 14.6. The number of hydrogen-bond acceptors (Lipinski definition) is 4. The third kappa shape index (κ3) is 3.43. The zero-order valence-electron chi connectivity index (χ0n) is 12.3. The van der Waals surface area contributed by atoms with E-state index in [0.717, 1.165) is 25.3 Å². The minimum Gasteiger partial charge on any atom is -0.373 e. The predicted octanol–water partition coefficient (Wildman–Crippen LogP) is 0.738. The van der Waals surface area contributed by atoms with Gasteiger partial charge in [-0.25, -0.2) is 0 Å². The summed E-state index contributed by atoms with van der Waals surface area (Å²) in [6.07, 6.45) is 2.60. The lowest BCUT2D eigenvalue weighted by Gasteiger charge is -2.35. The van der Waals surface area contributed by atoms with Gasteiger partial charge in [-0.3, -0.25) is 9.69 Å². The molecule has 2 aliphatic heterocycles. The molecule has 2 aliphatic rings. The van der Waals surface area contributed by atoms with Crippen LogP contribution in [0.5, 0.6) is 0 Å². The molecular formula is C16H23N3O2. The summed E-state index contributed by atoms with van der Waals surface area (Å²) in [5.41, 5.74) is 7.23. The molecule has 0 radical (unpaired) electrons. The van der Waals surface area contributed by atoms with Gasteiger partial charge in [0, 0.05) is 31.2 Å². The Labute approximate surface area is 125 Å². The van der Waals surface area contributed by atoms with Crippen LogP contribution in [-0.2, 0) is 11.3 Å². The van der Waals surface area contributed by atoms with Crippen LogP contribution in [0.25, 0.3) is 0 Å². The SMILES string of the molecule is NCc1cccc(C(=O)NCC2CN3CCCC3CO2)c1. The lowest BCUT2D eigenvalue weighted by molar-refractivity contribution is -0.0461. The lowest BCUT2D eigenvalue weighted by Crippen LogP contribution is -2.50. The van der Waals surface area contributed by atoms with E-state index in [0.29, 0.717) is 24.7 Å².